The molecule has 1 saturated heterocycles. The highest BCUT2D eigenvalue weighted by molar-refractivity contribution is 6.31. The van der Waals surface area contributed by atoms with Crippen LogP contribution in [0.4, 0.5) is 20.6 Å². The zero-order valence-corrected chi connectivity index (χ0v) is 14.8. The molecule has 1 aromatic carbocycles. The Morgan fingerprint density at radius 2 is 2.25 bits per heavy atom. The topological polar surface area (TPSA) is 76.8 Å². The maximum atomic E-state index is 13.5. The molecule has 24 heavy (non-hydrogen) atoms. The van der Waals surface area contributed by atoms with Crippen molar-refractivity contribution in [2.24, 2.45) is 0 Å². The van der Waals surface area contributed by atoms with E-state index in [1.807, 2.05) is 20.8 Å². The average molecular weight is 360 g/mol. The van der Waals surface area contributed by atoms with Crippen LogP contribution in [0.2, 0.25) is 5.02 Å². The van der Waals surface area contributed by atoms with Crippen LogP contribution in [0.5, 0.6) is 0 Å². The van der Waals surface area contributed by atoms with E-state index in [-0.39, 0.29) is 17.2 Å². The zero-order chi connectivity index (χ0) is 17.9. The summed E-state index contributed by atoms with van der Waals surface area (Å²) in [5, 5.41) is 3.01. The number of ether oxygens (including phenoxy) is 2. The molecule has 8 heteroatoms. The third-order valence-electron chi connectivity index (χ3n) is 3.40. The Kier molecular flexibility index (Phi) is 5.77. The van der Waals surface area contributed by atoms with Crippen molar-refractivity contribution in [2.45, 2.75) is 32.5 Å². The van der Waals surface area contributed by atoms with E-state index in [1.54, 1.807) is 4.90 Å². The van der Waals surface area contributed by atoms with Crippen molar-refractivity contribution in [1.82, 2.24) is 4.90 Å². The first kappa shape index (κ1) is 18.6. The highest BCUT2D eigenvalue weighted by Crippen LogP contribution is 2.26. The van der Waals surface area contributed by atoms with Crippen molar-refractivity contribution in [3.05, 3.63) is 23.0 Å². The molecule has 0 saturated carbocycles. The monoisotopic (exact) mass is 359 g/mol. The standard InChI is InChI=1S/C16H23ClFN3O3/c1-16(2,3)24-15(22)21-4-5-23-10(9-21)8-20-14-7-12(18)11(17)6-13(14)19/h6-7,10,20H,4-5,8-9,19H2,1-3H3/t10-/m0/s1. The van der Waals surface area contributed by atoms with Crippen molar-refractivity contribution in [1.29, 1.82) is 0 Å². The van der Waals surface area contributed by atoms with Gasteiger partial charge in [-0.15, -0.1) is 0 Å². The molecule has 1 aromatic rings. The van der Waals surface area contributed by atoms with Gasteiger partial charge in [0.2, 0.25) is 0 Å². The number of benzene rings is 1. The molecule has 1 fully saturated rings. The van der Waals surface area contributed by atoms with Crippen molar-refractivity contribution in [3.63, 3.8) is 0 Å². The fourth-order valence-corrected chi connectivity index (χ4v) is 2.45. The third-order valence-corrected chi connectivity index (χ3v) is 3.69. The molecule has 3 N–H and O–H groups in total. The molecule has 134 valence electrons. The van der Waals surface area contributed by atoms with E-state index in [4.69, 9.17) is 26.8 Å². The number of hydrogen-bond acceptors (Lipinski definition) is 5. The average Bonchev–Trinajstić information content (AvgIpc) is 2.48. The van der Waals surface area contributed by atoms with Gasteiger partial charge in [0.05, 0.1) is 35.7 Å². The van der Waals surface area contributed by atoms with Crippen LogP contribution in [-0.4, -0.2) is 48.9 Å². The maximum absolute atomic E-state index is 13.5. The number of anilines is 2. The van der Waals surface area contributed by atoms with Crippen molar-refractivity contribution >= 4 is 29.1 Å². The summed E-state index contributed by atoms with van der Waals surface area (Å²) in [5.74, 6) is -0.548. The Bertz CT molecular complexity index is 607. The number of hydrogen-bond donors (Lipinski definition) is 2. The highest BCUT2D eigenvalue weighted by Gasteiger charge is 2.28. The van der Waals surface area contributed by atoms with E-state index < -0.39 is 11.4 Å². The van der Waals surface area contributed by atoms with Crippen LogP contribution < -0.4 is 11.1 Å². The smallest absolute Gasteiger partial charge is 0.410 e. The summed E-state index contributed by atoms with van der Waals surface area (Å²) < 4.78 is 24.5. The Hall–Kier alpha value is -1.73. The fraction of sp³-hybridized carbons (Fsp3) is 0.562. The predicted molar refractivity (Wildman–Crippen MR) is 91.9 cm³/mol. The number of morpholine rings is 1. The molecule has 1 heterocycles. The number of nitrogens with zero attached hydrogens (tertiary/aromatic N) is 1. The van der Waals surface area contributed by atoms with E-state index in [9.17, 15) is 9.18 Å². The van der Waals surface area contributed by atoms with Crippen LogP contribution in [0.25, 0.3) is 0 Å². The van der Waals surface area contributed by atoms with Crippen LogP contribution in [0, 0.1) is 5.82 Å². The SMILES string of the molecule is CC(C)(C)OC(=O)N1CCO[C@@H](CNc2cc(F)c(Cl)cc2N)C1. The van der Waals surface area contributed by atoms with E-state index in [2.05, 4.69) is 5.32 Å². The first-order valence-electron chi connectivity index (χ1n) is 7.73. The highest BCUT2D eigenvalue weighted by atomic mass is 35.5. The van der Waals surface area contributed by atoms with E-state index in [0.29, 0.717) is 37.6 Å². The summed E-state index contributed by atoms with van der Waals surface area (Å²) in [7, 11) is 0. The molecule has 1 atom stereocenters. The van der Waals surface area contributed by atoms with Crippen molar-refractivity contribution in [2.75, 3.05) is 37.3 Å². The molecular formula is C16H23ClFN3O3. The lowest BCUT2D eigenvalue weighted by molar-refractivity contribution is -0.0371. The molecular weight excluding hydrogens is 337 g/mol. The second-order valence-electron chi connectivity index (χ2n) is 6.65. The van der Waals surface area contributed by atoms with Gasteiger partial charge in [-0.25, -0.2) is 9.18 Å². The lowest BCUT2D eigenvalue weighted by Gasteiger charge is -2.34. The van der Waals surface area contributed by atoms with Gasteiger partial charge < -0.3 is 25.4 Å². The minimum atomic E-state index is -0.548. The summed E-state index contributed by atoms with van der Waals surface area (Å²) in [6.07, 6.45) is -0.614. The van der Waals surface area contributed by atoms with Gasteiger partial charge in [0.25, 0.3) is 0 Å². The largest absolute Gasteiger partial charge is 0.444 e. The van der Waals surface area contributed by atoms with Crippen molar-refractivity contribution in [3.8, 4) is 0 Å². The van der Waals surface area contributed by atoms with Gasteiger partial charge in [-0.3, -0.25) is 0 Å². The summed E-state index contributed by atoms with van der Waals surface area (Å²) in [6, 6.07) is 2.60. The maximum Gasteiger partial charge on any atom is 0.410 e. The normalized spacial score (nSPS) is 18.4. The second-order valence-corrected chi connectivity index (χ2v) is 7.06. The number of rotatable bonds is 3. The molecule has 1 aliphatic heterocycles. The molecule has 0 unspecified atom stereocenters. The number of nitrogens with two attached hydrogens (primary N) is 1. The molecule has 2 rings (SSSR count). The van der Waals surface area contributed by atoms with Gasteiger partial charge in [-0.1, -0.05) is 11.6 Å². The van der Waals surface area contributed by atoms with Gasteiger partial charge >= 0.3 is 6.09 Å². The summed E-state index contributed by atoms with van der Waals surface area (Å²) in [4.78, 5) is 13.7. The Morgan fingerprint density at radius 1 is 1.54 bits per heavy atom. The van der Waals surface area contributed by atoms with Crippen LogP contribution in [0.15, 0.2) is 12.1 Å². The lowest BCUT2D eigenvalue weighted by Crippen LogP contribution is -2.49. The van der Waals surface area contributed by atoms with Crippen LogP contribution in [0.3, 0.4) is 0 Å². The van der Waals surface area contributed by atoms with Gasteiger partial charge in [0, 0.05) is 19.2 Å². The van der Waals surface area contributed by atoms with Crippen molar-refractivity contribution < 1.29 is 18.7 Å². The van der Waals surface area contributed by atoms with Crippen LogP contribution in [0.1, 0.15) is 20.8 Å². The first-order chi connectivity index (χ1) is 11.2. The molecule has 0 bridgehead atoms. The number of nitrogen functional groups attached to an aromatic ring is 1. The molecule has 6 nitrogen and oxygen atoms in total. The molecule has 1 aliphatic rings. The third kappa shape index (κ3) is 5.14. The Labute approximate surface area is 146 Å². The van der Waals surface area contributed by atoms with Crippen LogP contribution >= 0.6 is 11.6 Å². The summed E-state index contributed by atoms with van der Waals surface area (Å²) >= 11 is 5.68. The number of amides is 1. The minimum absolute atomic E-state index is 0.0249. The summed E-state index contributed by atoms with van der Waals surface area (Å²) in [6.45, 7) is 7.12. The van der Waals surface area contributed by atoms with Gasteiger partial charge in [0.15, 0.2) is 0 Å². The first-order valence-corrected chi connectivity index (χ1v) is 8.11. The Morgan fingerprint density at radius 3 is 2.92 bits per heavy atom. The zero-order valence-electron chi connectivity index (χ0n) is 14.1. The van der Waals surface area contributed by atoms with Gasteiger partial charge in [-0.2, -0.15) is 0 Å². The number of halogens is 2. The van der Waals surface area contributed by atoms with Crippen LogP contribution in [-0.2, 0) is 9.47 Å². The lowest BCUT2D eigenvalue weighted by atomic mass is 10.2. The van der Waals surface area contributed by atoms with E-state index >= 15 is 0 Å². The van der Waals surface area contributed by atoms with Gasteiger partial charge in [0.1, 0.15) is 11.4 Å². The molecule has 0 radical (unpaired) electrons. The molecule has 0 aliphatic carbocycles. The predicted octanol–water partition coefficient (Wildman–Crippen LogP) is 3.11. The molecule has 0 aromatic heterocycles. The molecule has 1 amide bonds. The van der Waals surface area contributed by atoms with Gasteiger partial charge in [-0.05, 0) is 26.8 Å². The fourth-order valence-electron chi connectivity index (χ4n) is 2.27. The number of carbonyl (C=O) groups excluding carboxylic acids is 1. The number of nitrogens with one attached hydrogen (secondary N) is 1. The Balaban J connectivity index is 1.92. The quantitative estimate of drug-likeness (QED) is 0.811. The molecule has 0 spiro atoms. The minimum Gasteiger partial charge on any atom is -0.444 e. The van der Waals surface area contributed by atoms with E-state index in [1.165, 1.54) is 12.1 Å². The van der Waals surface area contributed by atoms with E-state index in [0.717, 1.165) is 0 Å². The summed E-state index contributed by atoms with van der Waals surface area (Å²) in [5.41, 5.74) is 6.06. The second kappa shape index (κ2) is 7.44. The number of carbonyl (C=O) groups is 1.